The molecule has 1 heterocycles. The van der Waals surface area contributed by atoms with Gasteiger partial charge >= 0.3 is 0 Å². The molecule has 6 nitrogen and oxygen atoms in total. The number of carbonyl (C=O) groups is 1. The van der Waals surface area contributed by atoms with E-state index in [0.717, 1.165) is 5.69 Å². The molecule has 0 N–H and O–H groups in total. The van der Waals surface area contributed by atoms with E-state index in [9.17, 15) is 13.2 Å². The number of hydrogen-bond acceptors (Lipinski definition) is 4. The molecule has 156 valence electrons. The number of para-hydroxylation sites is 1. The fourth-order valence-electron chi connectivity index (χ4n) is 3.13. The third-order valence-electron chi connectivity index (χ3n) is 4.80. The molecule has 0 bridgehead atoms. The van der Waals surface area contributed by atoms with Gasteiger partial charge in [0, 0.05) is 44.0 Å². The predicted octanol–water partition coefficient (Wildman–Crippen LogP) is 3.61. The number of anilines is 1. The highest BCUT2D eigenvalue weighted by atomic mass is 32.2. The maximum Gasteiger partial charge on any atom is 0.264 e. The summed E-state index contributed by atoms with van der Waals surface area (Å²) in [6.07, 6.45) is 2.38. The number of amides is 1. The van der Waals surface area contributed by atoms with Gasteiger partial charge in [-0.3, -0.25) is 14.1 Å². The van der Waals surface area contributed by atoms with Gasteiger partial charge in [-0.05, 0) is 55.5 Å². The highest BCUT2D eigenvalue weighted by Crippen LogP contribution is 2.23. The van der Waals surface area contributed by atoms with Gasteiger partial charge in [0.25, 0.3) is 15.9 Å². The third-order valence-corrected chi connectivity index (χ3v) is 6.71. The Bertz CT molecular complexity index is 1070. The normalized spacial score (nSPS) is 11.1. The molecule has 7 heteroatoms. The summed E-state index contributed by atoms with van der Waals surface area (Å²) in [5.74, 6) is -0.162. The molecule has 1 amide bonds. The van der Waals surface area contributed by atoms with Gasteiger partial charge < -0.3 is 4.90 Å². The van der Waals surface area contributed by atoms with Crippen LogP contribution in [0.3, 0.4) is 0 Å². The second-order valence-corrected chi connectivity index (χ2v) is 8.69. The van der Waals surface area contributed by atoms with Gasteiger partial charge in [-0.25, -0.2) is 8.42 Å². The lowest BCUT2D eigenvalue weighted by molar-refractivity contribution is 0.0796. The Labute approximate surface area is 177 Å². The summed E-state index contributed by atoms with van der Waals surface area (Å²) >= 11 is 0. The van der Waals surface area contributed by atoms with Gasteiger partial charge in [0.2, 0.25) is 0 Å². The van der Waals surface area contributed by atoms with Crippen LogP contribution in [-0.2, 0) is 16.4 Å². The van der Waals surface area contributed by atoms with Gasteiger partial charge in [-0.2, -0.15) is 0 Å². The fourth-order valence-corrected chi connectivity index (χ4v) is 4.61. The van der Waals surface area contributed by atoms with Crippen LogP contribution in [0.5, 0.6) is 0 Å². The van der Waals surface area contributed by atoms with Crippen molar-refractivity contribution in [2.45, 2.75) is 18.2 Å². The van der Waals surface area contributed by atoms with Crippen molar-refractivity contribution in [3.8, 4) is 0 Å². The van der Waals surface area contributed by atoms with Crippen LogP contribution in [0.1, 0.15) is 23.0 Å². The Morgan fingerprint density at radius 2 is 1.60 bits per heavy atom. The first-order valence-electron chi connectivity index (χ1n) is 9.76. The average Bonchev–Trinajstić information content (AvgIpc) is 2.79. The fraction of sp³-hybridized carbons (Fsp3) is 0.217. The summed E-state index contributed by atoms with van der Waals surface area (Å²) in [7, 11) is -1.99. The minimum atomic E-state index is -3.71. The Balaban J connectivity index is 1.72. The summed E-state index contributed by atoms with van der Waals surface area (Å²) in [6, 6.07) is 20.7. The highest BCUT2D eigenvalue weighted by molar-refractivity contribution is 7.92. The number of benzene rings is 2. The lowest BCUT2D eigenvalue weighted by atomic mass is 10.2. The van der Waals surface area contributed by atoms with Crippen LogP contribution < -0.4 is 4.31 Å². The summed E-state index contributed by atoms with van der Waals surface area (Å²) < 4.78 is 27.5. The molecule has 1 aromatic heterocycles. The summed E-state index contributed by atoms with van der Waals surface area (Å²) in [5.41, 5.74) is 1.97. The first kappa shape index (κ1) is 21.5. The molecule has 0 fully saturated rings. The monoisotopic (exact) mass is 423 g/mol. The van der Waals surface area contributed by atoms with Crippen molar-refractivity contribution in [1.29, 1.82) is 0 Å². The SMILES string of the molecule is CCN(c1ccccc1)S(=O)(=O)c1ccc(C(=O)N(C)CCc2ccccn2)cc1. The van der Waals surface area contributed by atoms with Crippen LogP contribution in [0.2, 0.25) is 0 Å². The Morgan fingerprint density at radius 3 is 2.20 bits per heavy atom. The number of nitrogens with zero attached hydrogens (tertiary/aromatic N) is 3. The van der Waals surface area contributed by atoms with E-state index >= 15 is 0 Å². The Hall–Kier alpha value is -3.19. The number of rotatable bonds is 8. The maximum absolute atomic E-state index is 13.1. The van der Waals surface area contributed by atoms with Crippen LogP contribution in [-0.4, -0.2) is 44.3 Å². The van der Waals surface area contributed by atoms with E-state index in [0.29, 0.717) is 30.8 Å². The van der Waals surface area contributed by atoms with Crippen molar-refractivity contribution in [3.63, 3.8) is 0 Å². The quantitative estimate of drug-likeness (QED) is 0.555. The van der Waals surface area contributed by atoms with Crippen molar-refractivity contribution in [2.75, 3.05) is 24.4 Å². The highest BCUT2D eigenvalue weighted by Gasteiger charge is 2.24. The van der Waals surface area contributed by atoms with Crippen molar-refractivity contribution in [3.05, 3.63) is 90.3 Å². The van der Waals surface area contributed by atoms with E-state index in [1.54, 1.807) is 61.5 Å². The van der Waals surface area contributed by atoms with Crippen molar-refractivity contribution >= 4 is 21.6 Å². The number of carbonyl (C=O) groups excluding carboxylic acids is 1. The summed E-state index contributed by atoms with van der Waals surface area (Å²) in [4.78, 5) is 18.7. The molecule has 0 aliphatic carbocycles. The van der Waals surface area contributed by atoms with Gasteiger partial charge in [0.1, 0.15) is 0 Å². The lowest BCUT2D eigenvalue weighted by Gasteiger charge is -2.23. The topological polar surface area (TPSA) is 70.6 Å². The molecule has 3 aromatic rings. The van der Waals surface area contributed by atoms with E-state index in [1.807, 2.05) is 24.3 Å². The standard InChI is InChI=1S/C23H25N3O3S/c1-3-26(21-10-5-4-6-11-21)30(28,29)22-14-12-19(13-15-22)23(27)25(2)18-16-20-9-7-8-17-24-20/h4-15,17H,3,16,18H2,1-2H3. The van der Waals surface area contributed by atoms with Crippen LogP contribution >= 0.6 is 0 Å². The minimum Gasteiger partial charge on any atom is -0.341 e. The van der Waals surface area contributed by atoms with Crippen molar-refractivity contribution < 1.29 is 13.2 Å². The smallest absolute Gasteiger partial charge is 0.264 e. The van der Waals surface area contributed by atoms with Gasteiger partial charge in [0.15, 0.2) is 0 Å². The molecule has 0 radical (unpaired) electrons. The summed E-state index contributed by atoms with van der Waals surface area (Å²) in [5, 5.41) is 0. The number of hydrogen-bond donors (Lipinski definition) is 0. The summed E-state index contributed by atoms with van der Waals surface area (Å²) in [6.45, 7) is 2.62. The molecule has 0 atom stereocenters. The molecular formula is C23H25N3O3S. The zero-order valence-electron chi connectivity index (χ0n) is 17.1. The van der Waals surface area contributed by atoms with Crippen molar-refractivity contribution in [1.82, 2.24) is 9.88 Å². The molecule has 0 unspecified atom stereocenters. The van der Waals surface area contributed by atoms with E-state index in [1.165, 1.54) is 16.4 Å². The number of pyridine rings is 1. The molecule has 2 aromatic carbocycles. The van der Waals surface area contributed by atoms with Crippen LogP contribution in [0.25, 0.3) is 0 Å². The molecular weight excluding hydrogens is 398 g/mol. The Morgan fingerprint density at radius 1 is 0.933 bits per heavy atom. The number of likely N-dealkylation sites (N-methyl/N-ethyl adjacent to an activating group) is 1. The molecule has 30 heavy (non-hydrogen) atoms. The van der Waals surface area contributed by atoms with E-state index < -0.39 is 10.0 Å². The average molecular weight is 424 g/mol. The molecule has 0 aliphatic rings. The van der Waals surface area contributed by atoms with E-state index in [4.69, 9.17) is 0 Å². The van der Waals surface area contributed by atoms with Gasteiger partial charge in [-0.15, -0.1) is 0 Å². The second kappa shape index (κ2) is 9.54. The predicted molar refractivity (Wildman–Crippen MR) is 118 cm³/mol. The molecule has 0 spiro atoms. The van der Waals surface area contributed by atoms with E-state index in [-0.39, 0.29) is 10.8 Å². The minimum absolute atomic E-state index is 0.154. The number of aromatic nitrogens is 1. The van der Waals surface area contributed by atoms with Crippen LogP contribution in [0.4, 0.5) is 5.69 Å². The third kappa shape index (κ3) is 4.86. The zero-order valence-corrected chi connectivity index (χ0v) is 17.9. The van der Waals surface area contributed by atoms with Gasteiger partial charge in [-0.1, -0.05) is 24.3 Å². The van der Waals surface area contributed by atoms with E-state index in [2.05, 4.69) is 4.98 Å². The largest absolute Gasteiger partial charge is 0.341 e. The molecule has 0 saturated carbocycles. The first-order chi connectivity index (χ1) is 14.4. The Kier molecular flexibility index (Phi) is 6.84. The first-order valence-corrected chi connectivity index (χ1v) is 11.2. The zero-order chi connectivity index (χ0) is 21.6. The maximum atomic E-state index is 13.1. The number of sulfonamides is 1. The molecule has 3 rings (SSSR count). The molecule has 0 saturated heterocycles. The van der Waals surface area contributed by atoms with Crippen LogP contribution in [0, 0.1) is 0 Å². The second-order valence-electron chi connectivity index (χ2n) is 6.83. The van der Waals surface area contributed by atoms with Crippen LogP contribution in [0.15, 0.2) is 83.9 Å². The van der Waals surface area contributed by atoms with Crippen molar-refractivity contribution in [2.24, 2.45) is 0 Å². The molecule has 0 aliphatic heterocycles. The lowest BCUT2D eigenvalue weighted by Crippen LogP contribution is -2.31. The van der Waals surface area contributed by atoms with Gasteiger partial charge in [0.05, 0.1) is 10.6 Å².